The van der Waals surface area contributed by atoms with Crippen molar-refractivity contribution < 1.29 is 9.59 Å². The van der Waals surface area contributed by atoms with Gasteiger partial charge in [-0.25, -0.2) is 0 Å². The van der Waals surface area contributed by atoms with Crippen LogP contribution in [0.2, 0.25) is 0 Å². The molecule has 5 nitrogen and oxygen atoms in total. The molecule has 0 unspecified atom stereocenters. The Morgan fingerprint density at radius 1 is 1.04 bits per heavy atom. The summed E-state index contributed by atoms with van der Waals surface area (Å²) in [4.78, 5) is 26.9. The van der Waals surface area contributed by atoms with E-state index in [1.54, 1.807) is 6.07 Å². The number of rotatable bonds is 3. The van der Waals surface area contributed by atoms with Crippen LogP contribution >= 0.6 is 12.4 Å². The van der Waals surface area contributed by atoms with Crippen molar-refractivity contribution in [1.29, 1.82) is 0 Å². The minimum Gasteiger partial charge on any atom is -0.337 e. The lowest BCUT2D eigenvalue weighted by Crippen LogP contribution is -2.34. The molecule has 2 fully saturated rings. The van der Waals surface area contributed by atoms with E-state index in [0.717, 1.165) is 64.0 Å². The van der Waals surface area contributed by atoms with Crippen LogP contribution in [0.15, 0.2) is 24.3 Å². The second-order valence-electron chi connectivity index (χ2n) is 6.80. The first-order chi connectivity index (χ1) is 11.7. The summed E-state index contributed by atoms with van der Waals surface area (Å²) >= 11 is 0. The third-order valence-corrected chi connectivity index (χ3v) is 4.98. The fraction of sp³-hybridized carbons (Fsp3) is 0.579. The summed E-state index contributed by atoms with van der Waals surface area (Å²) in [6.45, 7) is 3.31. The van der Waals surface area contributed by atoms with Gasteiger partial charge in [-0.3, -0.25) is 9.59 Å². The fourth-order valence-electron chi connectivity index (χ4n) is 3.57. The number of hydrogen-bond donors (Lipinski definition) is 2. The minimum absolute atomic E-state index is 0. The molecule has 2 N–H and O–H groups in total. The van der Waals surface area contributed by atoms with Crippen molar-refractivity contribution >= 4 is 29.9 Å². The Morgan fingerprint density at radius 2 is 1.84 bits per heavy atom. The van der Waals surface area contributed by atoms with E-state index in [1.165, 1.54) is 6.42 Å². The molecule has 0 radical (unpaired) electrons. The second kappa shape index (κ2) is 9.78. The molecule has 138 valence electrons. The Labute approximate surface area is 155 Å². The first-order valence-electron chi connectivity index (χ1n) is 9.15. The molecule has 1 saturated carbocycles. The highest BCUT2D eigenvalue weighted by Crippen LogP contribution is 2.25. The van der Waals surface area contributed by atoms with Gasteiger partial charge in [0.1, 0.15) is 0 Å². The van der Waals surface area contributed by atoms with E-state index >= 15 is 0 Å². The van der Waals surface area contributed by atoms with E-state index in [4.69, 9.17) is 0 Å². The predicted octanol–water partition coefficient (Wildman–Crippen LogP) is 3.06. The second-order valence-corrected chi connectivity index (χ2v) is 6.80. The van der Waals surface area contributed by atoms with Gasteiger partial charge in [-0.05, 0) is 44.0 Å². The molecule has 25 heavy (non-hydrogen) atoms. The molecule has 0 spiro atoms. The van der Waals surface area contributed by atoms with Crippen LogP contribution < -0.4 is 10.6 Å². The Hall–Kier alpha value is -1.59. The first-order valence-corrected chi connectivity index (χ1v) is 9.15. The highest BCUT2D eigenvalue weighted by Gasteiger charge is 2.22. The molecule has 2 amide bonds. The monoisotopic (exact) mass is 365 g/mol. The van der Waals surface area contributed by atoms with Gasteiger partial charge < -0.3 is 15.5 Å². The maximum Gasteiger partial charge on any atom is 0.253 e. The summed E-state index contributed by atoms with van der Waals surface area (Å²) in [6.07, 6.45) is 6.44. The van der Waals surface area contributed by atoms with E-state index in [1.807, 2.05) is 23.1 Å². The topological polar surface area (TPSA) is 61.4 Å². The van der Waals surface area contributed by atoms with Crippen LogP contribution in [-0.2, 0) is 4.79 Å². The molecular weight excluding hydrogens is 338 g/mol. The molecule has 3 rings (SSSR count). The lowest BCUT2D eigenvalue weighted by Gasteiger charge is -2.22. The molecule has 1 heterocycles. The lowest BCUT2D eigenvalue weighted by atomic mass is 9.88. The van der Waals surface area contributed by atoms with Crippen molar-refractivity contribution in [2.45, 2.75) is 38.5 Å². The normalized spacial score (nSPS) is 18.8. The van der Waals surface area contributed by atoms with E-state index in [2.05, 4.69) is 10.6 Å². The predicted molar refractivity (Wildman–Crippen MR) is 102 cm³/mol. The Balaban J connectivity index is 0.00000225. The van der Waals surface area contributed by atoms with Gasteiger partial charge in [0.25, 0.3) is 5.91 Å². The van der Waals surface area contributed by atoms with Crippen LogP contribution in [0.1, 0.15) is 48.9 Å². The number of hydrogen-bond acceptors (Lipinski definition) is 3. The van der Waals surface area contributed by atoms with Gasteiger partial charge in [0, 0.05) is 36.8 Å². The third-order valence-electron chi connectivity index (χ3n) is 4.98. The lowest BCUT2D eigenvalue weighted by molar-refractivity contribution is -0.120. The van der Waals surface area contributed by atoms with Gasteiger partial charge >= 0.3 is 0 Å². The molecule has 0 aromatic heterocycles. The molecule has 1 aromatic rings. The maximum atomic E-state index is 12.7. The zero-order valence-corrected chi connectivity index (χ0v) is 15.4. The molecule has 1 aliphatic carbocycles. The number of anilines is 1. The van der Waals surface area contributed by atoms with Crippen molar-refractivity contribution in [2.75, 3.05) is 31.5 Å². The van der Waals surface area contributed by atoms with Crippen LogP contribution in [0.3, 0.4) is 0 Å². The average molecular weight is 366 g/mol. The van der Waals surface area contributed by atoms with Crippen molar-refractivity contribution in [2.24, 2.45) is 5.92 Å². The van der Waals surface area contributed by atoms with Crippen molar-refractivity contribution in [3.05, 3.63) is 29.8 Å². The molecule has 0 bridgehead atoms. The van der Waals surface area contributed by atoms with Crippen LogP contribution in [0.5, 0.6) is 0 Å². The first kappa shape index (κ1) is 19.7. The molecule has 1 aromatic carbocycles. The Bertz CT molecular complexity index is 580. The molecule has 2 aliphatic rings. The van der Waals surface area contributed by atoms with Crippen molar-refractivity contribution in [3.8, 4) is 0 Å². The van der Waals surface area contributed by atoms with Gasteiger partial charge in [0.2, 0.25) is 5.91 Å². The SMILES string of the molecule is Cl.O=C(Nc1cccc(C(=O)N2CCCNCC2)c1)C1CCCCC1. The number of benzene rings is 1. The van der Waals surface area contributed by atoms with Gasteiger partial charge in [0.05, 0.1) is 0 Å². The average Bonchev–Trinajstić information content (AvgIpc) is 2.91. The van der Waals surface area contributed by atoms with Crippen LogP contribution in [-0.4, -0.2) is 42.9 Å². The van der Waals surface area contributed by atoms with E-state index < -0.39 is 0 Å². The van der Waals surface area contributed by atoms with Crippen LogP contribution in [0.4, 0.5) is 5.69 Å². The Morgan fingerprint density at radius 3 is 2.64 bits per heavy atom. The van der Waals surface area contributed by atoms with Gasteiger partial charge in [0.15, 0.2) is 0 Å². The summed E-state index contributed by atoms with van der Waals surface area (Å²) in [5.41, 5.74) is 1.38. The zero-order valence-electron chi connectivity index (χ0n) is 14.6. The van der Waals surface area contributed by atoms with Crippen LogP contribution in [0.25, 0.3) is 0 Å². The largest absolute Gasteiger partial charge is 0.337 e. The summed E-state index contributed by atoms with van der Waals surface area (Å²) in [6, 6.07) is 7.35. The maximum absolute atomic E-state index is 12.7. The standard InChI is InChI=1S/C19H27N3O2.ClH/c23-18(15-6-2-1-3-7-15)21-17-9-4-8-16(14-17)19(24)22-12-5-10-20-11-13-22;/h4,8-9,14-15,20H,1-3,5-7,10-13H2,(H,21,23);1H. The van der Waals surface area contributed by atoms with E-state index in [-0.39, 0.29) is 30.1 Å². The Kier molecular flexibility index (Phi) is 7.72. The van der Waals surface area contributed by atoms with Crippen LogP contribution in [0, 0.1) is 5.92 Å². The number of carbonyl (C=O) groups is 2. The summed E-state index contributed by atoms with van der Waals surface area (Å²) in [5.74, 6) is 0.264. The number of carbonyl (C=O) groups excluding carboxylic acids is 2. The third kappa shape index (κ3) is 5.44. The van der Waals surface area contributed by atoms with Gasteiger partial charge in [-0.15, -0.1) is 12.4 Å². The summed E-state index contributed by atoms with van der Waals surface area (Å²) in [5, 5.41) is 6.31. The molecule has 6 heteroatoms. The minimum atomic E-state index is 0. The zero-order chi connectivity index (χ0) is 16.8. The fourth-order valence-corrected chi connectivity index (χ4v) is 3.57. The molecular formula is C19H28ClN3O2. The number of nitrogens with zero attached hydrogens (tertiary/aromatic N) is 1. The number of nitrogens with one attached hydrogen (secondary N) is 2. The summed E-state index contributed by atoms with van der Waals surface area (Å²) in [7, 11) is 0. The van der Waals surface area contributed by atoms with Gasteiger partial charge in [-0.2, -0.15) is 0 Å². The molecule has 1 aliphatic heterocycles. The molecule has 0 atom stereocenters. The van der Waals surface area contributed by atoms with E-state index in [9.17, 15) is 9.59 Å². The van der Waals surface area contributed by atoms with E-state index in [0.29, 0.717) is 5.56 Å². The van der Waals surface area contributed by atoms with Crippen molar-refractivity contribution in [3.63, 3.8) is 0 Å². The number of amides is 2. The smallest absolute Gasteiger partial charge is 0.253 e. The molecule has 1 saturated heterocycles. The number of halogens is 1. The highest BCUT2D eigenvalue weighted by atomic mass is 35.5. The highest BCUT2D eigenvalue weighted by molar-refractivity contribution is 5.97. The quantitative estimate of drug-likeness (QED) is 0.865. The van der Waals surface area contributed by atoms with Crippen molar-refractivity contribution in [1.82, 2.24) is 10.2 Å². The van der Waals surface area contributed by atoms with Gasteiger partial charge in [-0.1, -0.05) is 25.3 Å². The summed E-state index contributed by atoms with van der Waals surface area (Å²) < 4.78 is 0.